The van der Waals surface area contributed by atoms with Crippen LogP contribution in [0, 0.1) is 6.92 Å². The molecule has 0 saturated heterocycles. The Kier molecular flexibility index (Phi) is 2.50. The van der Waals surface area contributed by atoms with E-state index >= 15 is 0 Å². The summed E-state index contributed by atoms with van der Waals surface area (Å²) in [6.45, 7) is 1.74. The lowest BCUT2D eigenvalue weighted by molar-refractivity contribution is 0.102. The number of hydrogen-bond donors (Lipinski definition) is 3. The summed E-state index contributed by atoms with van der Waals surface area (Å²) in [5.74, 6) is -0.331. The van der Waals surface area contributed by atoms with Gasteiger partial charge in [0, 0.05) is 18.0 Å². The van der Waals surface area contributed by atoms with Crippen molar-refractivity contribution in [2.75, 3.05) is 5.32 Å². The first kappa shape index (κ1) is 10.1. The van der Waals surface area contributed by atoms with Gasteiger partial charge in [0.1, 0.15) is 11.9 Å². The lowest BCUT2D eigenvalue weighted by atomic mass is 10.2. The van der Waals surface area contributed by atoms with Gasteiger partial charge in [0.15, 0.2) is 5.43 Å². The molecule has 0 aliphatic heterocycles. The molecule has 7 heteroatoms. The fourth-order valence-electron chi connectivity index (χ4n) is 1.19. The minimum Gasteiger partial charge on any atom is -0.364 e. The lowest BCUT2D eigenvalue weighted by Gasteiger charge is -2.00. The van der Waals surface area contributed by atoms with Crippen LogP contribution in [0.4, 0.5) is 5.95 Å². The van der Waals surface area contributed by atoms with Crippen molar-refractivity contribution in [1.29, 1.82) is 0 Å². The molecule has 0 unspecified atom stereocenters. The molecule has 1 amide bonds. The van der Waals surface area contributed by atoms with E-state index in [1.54, 1.807) is 6.92 Å². The molecule has 82 valence electrons. The highest BCUT2D eigenvalue weighted by Gasteiger charge is 2.11. The third kappa shape index (κ3) is 1.97. The van der Waals surface area contributed by atoms with Gasteiger partial charge < -0.3 is 4.98 Å². The van der Waals surface area contributed by atoms with Crippen LogP contribution < -0.4 is 10.7 Å². The maximum Gasteiger partial charge on any atom is 0.263 e. The highest BCUT2D eigenvalue weighted by molar-refractivity contribution is 6.02. The second-order valence-corrected chi connectivity index (χ2v) is 3.18. The molecule has 0 aromatic carbocycles. The van der Waals surface area contributed by atoms with E-state index in [1.165, 1.54) is 18.6 Å². The normalized spacial score (nSPS) is 10.1. The van der Waals surface area contributed by atoms with Gasteiger partial charge in [-0.1, -0.05) is 0 Å². The summed E-state index contributed by atoms with van der Waals surface area (Å²) < 4.78 is 0. The summed E-state index contributed by atoms with van der Waals surface area (Å²) in [5, 5.41) is 8.44. The Morgan fingerprint density at radius 2 is 2.31 bits per heavy atom. The maximum atomic E-state index is 11.6. The van der Waals surface area contributed by atoms with E-state index in [0.717, 1.165) is 0 Å². The Morgan fingerprint density at radius 1 is 1.50 bits per heavy atom. The van der Waals surface area contributed by atoms with Gasteiger partial charge in [-0.3, -0.25) is 14.9 Å². The van der Waals surface area contributed by atoms with Gasteiger partial charge in [0.25, 0.3) is 5.91 Å². The number of amides is 1. The largest absolute Gasteiger partial charge is 0.364 e. The summed E-state index contributed by atoms with van der Waals surface area (Å²) in [6.07, 6.45) is 2.62. The second kappa shape index (κ2) is 3.97. The van der Waals surface area contributed by atoms with Crippen LogP contribution in [0.3, 0.4) is 0 Å². The first-order valence-corrected chi connectivity index (χ1v) is 4.53. The number of H-pyrrole nitrogens is 2. The number of aromatic nitrogens is 4. The summed E-state index contributed by atoms with van der Waals surface area (Å²) in [4.78, 5) is 29.6. The van der Waals surface area contributed by atoms with Crippen LogP contribution in [0.5, 0.6) is 0 Å². The van der Waals surface area contributed by atoms with Gasteiger partial charge in [-0.25, -0.2) is 5.10 Å². The molecule has 2 heterocycles. The number of carbonyl (C=O) groups is 1. The molecule has 2 aromatic rings. The number of rotatable bonds is 2. The molecule has 0 aliphatic carbocycles. The van der Waals surface area contributed by atoms with Crippen molar-refractivity contribution in [2.24, 2.45) is 0 Å². The minimum atomic E-state index is -0.530. The average molecular weight is 219 g/mol. The Hall–Kier alpha value is -2.44. The van der Waals surface area contributed by atoms with Gasteiger partial charge in [0.2, 0.25) is 5.95 Å². The first-order valence-electron chi connectivity index (χ1n) is 4.53. The van der Waals surface area contributed by atoms with Gasteiger partial charge in [-0.05, 0) is 6.92 Å². The number of aryl methyl sites for hydroxylation is 1. The van der Waals surface area contributed by atoms with Crippen molar-refractivity contribution < 1.29 is 4.79 Å². The van der Waals surface area contributed by atoms with Gasteiger partial charge >= 0.3 is 0 Å². The molecule has 0 spiro atoms. The smallest absolute Gasteiger partial charge is 0.263 e. The van der Waals surface area contributed by atoms with E-state index < -0.39 is 5.91 Å². The summed E-state index contributed by atoms with van der Waals surface area (Å²) >= 11 is 0. The third-order valence-electron chi connectivity index (χ3n) is 1.95. The predicted molar refractivity (Wildman–Crippen MR) is 56.1 cm³/mol. The van der Waals surface area contributed by atoms with E-state index in [1.807, 2.05) is 0 Å². The molecule has 0 aliphatic rings. The highest BCUT2D eigenvalue weighted by Crippen LogP contribution is 1.98. The molecular formula is C9H9N5O2. The molecule has 0 bridgehead atoms. The number of anilines is 1. The Morgan fingerprint density at radius 3 is 2.94 bits per heavy atom. The van der Waals surface area contributed by atoms with E-state index in [2.05, 4.69) is 25.5 Å². The third-order valence-corrected chi connectivity index (χ3v) is 1.95. The monoisotopic (exact) mass is 219 g/mol. The van der Waals surface area contributed by atoms with E-state index in [-0.39, 0.29) is 16.9 Å². The topological polar surface area (TPSA) is 104 Å². The van der Waals surface area contributed by atoms with Gasteiger partial charge in [0.05, 0.1) is 0 Å². The predicted octanol–water partition coefficient (Wildman–Crippen LogP) is 0.0537. The van der Waals surface area contributed by atoms with Crippen molar-refractivity contribution in [3.8, 4) is 0 Å². The summed E-state index contributed by atoms with van der Waals surface area (Å²) in [6, 6.07) is 1.36. The van der Waals surface area contributed by atoms with E-state index in [0.29, 0.717) is 5.69 Å². The molecule has 2 aromatic heterocycles. The van der Waals surface area contributed by atoms with E-state index in [9.17, 15) is 9.59 Å². The average Bonchev–Trinajstić information content (AvgIpc) is 2.70. The number of hydrogen-bond acceptors (Lipinski definition) is 4. The molecule has 0 radical (unpaired) electrons. The van der Waals surface area contributed by atoms with Crippen LogP contribution in [0.2, 0.25) is 0 Å². The van der Waals surface area contributed by atoms with E-state index in [4.69, 9.17) is 0 Å². The summed E-state index contributed by atoms with van der Waals surface area (Å²) in [5.41, 5.74) is 0.386. The molecule has 0 saturated carbocycles. The fraction of sp³-hybridized carbons (Fsp3) is 0.111. The quantitative estimate of drug-likeness (QED) is 0.664. The molecule has 7 nitrogen and oxygen atoms in total. The molecule has 2 rings (SSSR count). The molecule has 3 N–H and O–H groups in total. The van der Waals surface area contributed by atoms with Crippen molar-refractivity contribution >= 4 is 11.9 Å². The Balaban J connectivity index is 2.25. The van der Waals surface area contributed by atoms with Crippen LogP contribution in [0.1, 0.15) is 16.1 Å². The van der Waals surface area contributed by atoms with Crippen LogP contribution in [0.15, 0.2) is 23.4 Å². The molecule has 0 fully saturated rings. The van der Waals surface area contributed by atoms with Gasteiger partial charge in [-0.2, -0.15) is 10.1 Å². The number of carbonyl (C=O) groups excluding carboxylic acids is 1. The van der Waals surface area contributed by atoms with Crippen molar-refractivity contribution in [2.45, 2.75) is 6.92 Å². The first-order chi connectivity index (χ1) is 7.66. The zero-order valence-electron chi connectivity index (χ0n) is 8.44. The van der Waals surface area contributed by atoms with Crippen LogP contribution in [-0.4, -0.2) is 26.1 Å². The lowest BCUT2D eigenvalue weighted by Crippen LogP contribution is -2.22. The van der Waals surface area contributed by atoms with Crippen molar-refractivity contribution in [1.82, 2.24) is 20.2 Å². The fourth-order valence-corrected chi connectivity index (χ4v) is 1.19. The maximum absolute atomic E-state index is 11.6. The SMILES string of the molecule is Cc1cc(=O)c(C(=O)Nc2ncn[nH]2)c[nH]1. The number of pyridine rings is 1. The number of nitrogens with zero attached hydrogens (tertiary/aromatic N) is 2. The zero-order chi connectivity index (χ0) is 11.5. The molecule has 16 heavy (non-hydrogen) atoms. The van der Waals surface area contributed by atoms with Crippen LogP contribution in [0.25, 0.3) is 0 Å². The Labute approximate surface area is 89.9 Å². The zero-order valence-corrected chi connectivity index (χ0v) is 8.44. The van der Waals surface area contributed by atoms with Crippen molar-refractivity contribution in [3.05, 3.63) is 40.1 Å². The molecule has 0 atom stereocenters. The molecular weight excluding hydrogens is 210 g/mol. The van der Waals surface area contributed by atoms with Crippen molar-refractivity contribution in [3.63, 3.8) is 0 Å². The minimum absolute atomic E-state index is 0.0296. The highest BCUT2D eigenvalue weighted by atomic mass is 16.2. The summed E-state index contributed by atoms with van der Waals surface area (Å²) in [7, 11) is 0. The van der Waals surface area contributed by atoms with Crippen LogP contribution >= 0.6 is 0 Å². The second-order valence-electron chi connectivity index (χ2n) is 3.18. The van der Waals surface area contributed by atoms with Crippen LogP contribution in [-0.2, 0) is 0 Å². The van der Waals surface area contributed by atoms with Gasteiger partial charge in [-0.15, -0.1) is 0 Å². The number of aromatic amines is 2. The standard InChI is InChI=1S/C9H9N5O2/c1-5-2-7(15)6(3-10-5)8(16)13-9-11-4-12-14-9/h2-4H,1H3,(H,10,15)(H2,11,12,13,14,16). The number of nitrogens with one attached hydrogen (secondary N) is 3. The Bertz CT molecular complexity index is 558.